The van der Waals surface area contributed by atoms with Crippen molar-refractivity contribution in [3.05, 3.63) is 58.5 Å². The highest BCUT2D eigenvalue weighted by atomic mass is 32.2. The molecule has 3 heterocycles. The largest absolute Gasteiger partial charge is 0.472 e. The van der Waals surface area contributed by atoms with Gasteiger partial charge in [-0.05, 0) is 25.0 Å². The van der Waals surface area contributed by atoms with Crippen LogP contribution in [0.25, 0.3) is 0 Å². The maximum atomic E-state index is 15.3. The van der Waals surface area contributed by atoms with Crippen molar-refractivity contribution in [1.82, 2.24) is 19.9 Å². The minimum Gasteiger partial charge on any atom is -0.472 e. The lowest BCUT2D eigenvalue weighted by atomic mass is 9.97. The molecule has 4 bridgehead atoms. The number of hydrogen-bond donors (Lipinski definition) is 2. The second kappa shape index (κ2) is 8.49. The first-order chi connectivity index (χ1) is 15.4. The van der Waals surface area contributed by atoms with Gasteiger partial charge in [-0.1, -0.05) is 24.3 Å². The van der Waals surface area contributed by atoms with E-state index in [4.69, 9.17) is 4.74 Å². The van der Waals surface area contributed by atoms with E-state index in [0.717, 1.165) is 11.2 Å². The van der Waals surface area contributed by atoms with Gasteiger partial charge in [0.05, 0.1) is 31.1 Å². The monoisotopic (exact) mass is 484 g/mol. The Morgan fingerprint density at radius 2 is 1.97 bits per heavy atom. The molecule has 1 saturated heterocycles. The Bertz CT molecular complexity index is 1190. The van der Waals surface area contributed by atoms with Gasteiger partial charge in [0.1, 0.15) is 18.5 Å². The lowest BCUT2D eigenvalue weighted by Gasteiger charge is -2.28. The first-order valence-corrected chi connectivity index (χ1v) is 12.1. The third kappa shape index (κ3) is 4.91. The van der Waals surface area contributed by atoms with Crippen molar-refractivity contribution >= 4 is 16.1 Å². The van der Waals surface area contributed by atoms with Crippen molar-refractivity contribution in [2.24, 2.45) is 0 Å². The fourth-order valence-corrected chi connectivity index (χ4v) is 4.87. The highest BCUT2D eigenvalue weighted by Crippen LogP contribution is 2.35. The van der Waals surface area contributed by atoms with Gasteiger partial charge in [0, 0.05) is 11.1 Å². The number of aryl methyl sites for hydroxylation is 1. The average Bonchev–Trinajstić information content (AvgIpc) is 2.97. The minimum atomic E-state index is -4.04. The molecule has 178 valence electrons. The van der Waals surface area contributed by atoms with E-state index >= 15 is 4.39 Å². The second-order valence-electron chi connectivity index (χ2n) is 8.29. The third-order valence-electron chi connectivity index (χ3n) is 5.70. The Morgan fingerprint density at radius 1 is 1.24 bits per heavy atom. The smallest absolute Gasteiger partial charge is 0.318 e. The predicted molar refractivity (Wildman–Crippen MR) is 113 cm³/mol. The van der Waals surface area contributed by atoms with E-state index in [9.17, 15) is 22.0 Å². The van der Waals surface area contributed by atoms with Crippen molar-refractivity contribution < 1.29 is 31.1 Å². The highest BCUT2D eigenvalue weighted by Gasteiger charge is 2.57. The number of urea groups is 1. The van der Waals surface area contributed by atoms with E-state index in [0.29, 0.717) is 11.3 Å². The molecule has 2 aliphatic rings. The zero-order chi connectivity index (χ0) is 24.0. The molecule has 0 unspecified atom stereocenters. The summed E-state index contributed by atoms with van der Waals surface area (Å²) in [6.07, 6.45) is 0.437. The molecular weight excluding hydrogens is 461 g/mol. The number of sulfonamides is 1. The van der Waals surface area contributed by atoms with E-state index in [-0.39, 0.29) is 36.6 Å². The summed E-state index contributed by atoms with van der Waals surface area (Å²) in [6.45, 7) is 0.549. The molecule has 33 heavy (non-hydrogen) atoms. The van der Waals surface area contributed by atoms with Crippen molar-refractivity contribution in [3.63, 3.8) is 0 Å². The van der Waals surface area contributed by atoms with Crippen LogP contribution in [-0.4, -0.2) is 55.1 Å². The zero-order valence-electron chi connectivity index (χ0n) is 17.9. The molecule has 0 aliphatic carbocycles. The number of rotatable bonds is 2. The Kier molecular flexibility index (Phi) is 5.99. The van der Waals surface area contributed by atoms with Crippen LogP contribution < -0.4 is 14.8 Å². The number of fused-ring (bicyclic) bond motifs is 5. The standard InChI is InChI=1S/C21H23F3N4O4S/c1-12-6-7-15-9-25-20(29)28-11-21(23,24)18(27-33(2,30)31)16(28)8-13-4-3-5-14(17(13)22)10-32-19(12)26-15/h3-7,16,18,27H,8-11H2,1-2H3,(H,25,29)/t16-,18+/m0/s1. The van der Waals surface area contributed by atoms with Gasteiger partial charge in [0.25, 0.3) is 5.92 Å². The molecule has 2 aromatic rings. The quantitative estimate of drug-likeness (QED) is 0.680. The highest BCUT2D eigenvalue weighted by molar-refractivity contribution is 7.88. The van der Waals surface area contributed by atoms with Crippen LogP contribution in [0.3, 0.4) is 0 Å². The van der Waals surface area contributed by atoms with Crippen LogP contribution in [0.2, 0.25) is 0 Å². The molecule has 2 atom stereocenters. The summed E-state index contributed by atoms with van der Waals surface area (Å²) in [5.74, 6) is -3.96. The number of nitrogens with zero attached hydrogens (tertiary/aromatic N) is 2. The Balaban J connectivity index is 1.78. The van der Waals surface area contributed by atoms with Crippen LogP contribution in [0.15, 0.2) is 30.3 Å². The summed E-state index contributed by atoms with van der Waals surface area (Å²) in [6, 6.07) is 3.76. The van der Waals surface area contributed by atoms with Gasteiger partial charge in [0.2, 0.25) is 15.9 Å². The summed E-state index contributed by atoms with van der Waals surface area (Å²) >= 11 is 0. The molecule has 0 radical (unpaired) electrons. The van der Waals surface area contributed by atoms with Crippen LogP contribution in [0, 0.1) is 12.7 Å². The molecule has 2 amide bonds. The molecular formula is C21H23F3N4O4S. The summed E-state index contributed by atoms with van der Waals surface area (Å²) in [7, 11) is -4.04. The number of hydrogen-bond acceptors (Lipinski definition) is 5. The number of carbonyl (C=O) groups is 1. The molecule has 4 rings (SSSR count). The average molecular weight is 485 g/mol. The maximum absolute atomic E-state index is 15.3. The summed E-state index contributed by atoms with van der Waals surface area (Å²) in [4.78, 5) is 18.1. The summed E-state index contributed by atoms with van der Waals surface area (Å²) < 4.78 is 76.3. The molecule has 1 aromatic carbocycles. The van der Waals surface area contributed by atoms with Crippen molar-refractivity contribution in [1.29, 1.82) is 0 Å². The normalized spacial score (nSPS) is 22.7. The van der Waals surface area contributed by atoms with E-state index < -0.39 is 46.4 Å². The summed E-state index contributed by atoms with van der Waals surface area (Å²) in [5.41, 5.74) is 1.38. The van der Waals surface area contributed by atoms with E-state index in [1.807, 2.05) is 4.72 Å². The van der Waals surface area contributed by atoms with E-state index in [1.165, 1.54) is 12.1 Å². The number of alkyl halides is 2. The van der Waals surface area contributed by atoms with Crippen molar-refractivity contribution in [2.45, 2.75) is 44.5 Å². The zero-order valence-corrected chi connectivity index (χ0v) is 18.8. The van der Waals surface area contributed by atoms with Crippen LogP contribution in [0.1, 0.15) is 22.4 Å². The van der Waals surface area contributed by atoms with Gasteiger partial charge in [-0.2, -0.15) is 0 Å². The number of ether oxygens (including phenoxy) is 1. The molecule has 2 aliphatic heterocycles. The van der Waals surface area contributed by atoms with Gasteiger partial charge >= 0.3 is 6.03 Å². The number of carbonyl (C=O) groups excluding carboxylic acids is 1. The third-order valence-corrected chi connectivity index (χ3v) is 6.39. The summed E-state index contributed by atoms with van der Waals surface area (Å²) in [5, 5.41) is 2.54. The topological polar surface area (TPSA) is 101 Å². The van der Waals surface area contributed by atoms with Gasteiger partial charge < -0.3 is 15.0 Å². The number of aromatic nitrogens is 1. The molecule has 1 fully saturated rings. The van der Waals surface area contributed by atoms with E-state index in [1.54, 1.807) is 25.1 Å². The number of benzene rings is 1. The van der Waals surface area contributed by atoms with Crippen LogP contribution >= 0.6 is 0 Å². The number of nitrogens with one attached hydrogen (secondary N) is 2. The van der Waals surface area contributed by atoms with Gasteiger partial charge in [-0.3, -0.25) is 0 Å². The molecule has 1 aromatic heterocycles. The van der Waals surface area contributed by atoms with Crippen LogP contribution in [0.5, 0.6) is 5.88 Å². The van der Waals surface area contributed by atoms with Gasteiger partial charge in [-0.25, -0.2) is 36.1 Å². The number of pyridine rings is 1. The predicted octanol–water partition coefficient (Wildman–Crippen LogP) is 2.11. The Labute approximate surface area is 189 Å². The number of halogens is 3. The van der Waals surface area contributed by atoms with Crippen LogP contribution in [-0.2, 0) is 29.6 Å². The van der Waals surface area contributed by atoms with Crippen LogP contribution in [0.4, 0.5) is 18.0 Å². The molecule has 8 nitrogen and oxygen atoms in total. The maximum Gasteiger partial charge on any atom is 0.318 e. The SMILES string of the molecule is Cc1ccc2nc1OCc1cccc(c1F)C[C@H]1[C@@H](NS(C)(=O)=O)C(F)(F)CN1C(=O)NC2. The van der Waals surface area contributed by atoms with E-state index in [2.05, 4.69) is 10.3 Å². The van der Waals surface area contributed by atoms with Crippen molar-refractivity contribution in [2.75, 3.05) is 12.8 Å². The molecule has 2 N–H and O–H groups in total. The second-order valence-corrected chi connectivity index (χ2v) is 10.1. The first kappa shape index (κ1) is 23.3. The lowest BCUT2D eigenvalue weighted by molar-refractivity contribution is -0.00453. The Hall–Kier alpha value is -2.86. The molecule has 12 heteroatoms. The van der Waals surface area contributed by atoms with Gasteiger partial charge in [-0.15, -0.1) is 0 Å². The Morgan fingerprint density at radius 3 is 2.70 bits per heavy atom. The molecule has 0 saturated carbocycles. The van der Waals surface area contributed by atoms with Gasteiger partial charge in [0.15, 0.2) is 0 Å². The van der Waals surface area contributed by atoms with Crippen molar-refractivity contribution in [3.8, 4) is 5.88 Å². The molecule has 0 spiro atoms. The first-order valence-electron chi connectivity index (χ1n) is 10.2. The minimum absolute atomic E-state index is 0.0614. The number of amides is 2. The fraction of sp³-hybridized carbons (Fsp3) is 0.429. The fourth-order valence-electron chi connectivity index (χ4n) is 4.08. The lowest BCUT2D eigenvalue weighted by Crippen LogP contribution is -2.53.